The molecule has 1 amide bonds. The fourth-order valence-electron chi connectivity index (χ4n) is 5.25. The molecule has 1 fully saturated rings. The highest BCUT2D eigenvalue weighted by Crippen LogP contribution is 2.51. The molecule has 0 aromatic heterocycles. The van der Waals surface area contributed by atoms with Gasteiger partial charge in [-0.2, -0.15) is 26.3 Å². The molecule has 1 atom stereocenters. The molecule has 0 unspecified atom stereocenters. The van der Waals surface area contributed by atoms with Crippen molar-refractivity contribution in [3.63, 3.8) is 0 Å². The van der Waals surface area contributed by atoms with Crippen LogP contribution >= 0.6 is 11.6 Å². The van der Waals surface area contributed by atoms with Crippen molar-refractivity contribution in [2.24, 2.45) is 5.16 Å². The Morgan fingerprint density at radius 2 is 1.78 bits per heavy atom. The Morgan fingerprint density at radius 1 is 1.10 bits per heavy atom. The van der Waals surface area contributed by atoms with Gasteiger partial charge in [0.2, 0.25) is 5.91 Å². The first-order valence-electron chi connectivity index (χ1n) is 12.0. The van der Waals surface area contributed by atoms with Crippen molar-refractivity contribution in [3.8, 4) is 0 Å². The van der Waals surface area contributed by atoms with Gasteiger partial charge in [0.25, 0.3) is 5.60 Å². The van der Waals surface area contributed by atoms with Crippen LogP contribution in [-0.4, -0.2) is 56.2 Å². The third-order valence-corrected chi connectivity index (χ3v) is 8.38. The average Bonchev–Trinajstić information content (AvgIpc) is 3.21. The third-order valence-electron chi connectivity index (χ3n) is 7.34. The molecule has 3 aliphatic rings. The second kappa shape index (κ2) is 9.56. The average molecular weight is 629 g/mol. The van der Waals surface area contributed by atoms with E-state index in [0.29, 0.717) is 16.7 Å². The smallest absolute Gasteiger partial charge is 0.374 e. The van der Waals surface area contributed by atoms with Crippen LogP contribution in [0.3, 0.4) is 0 Å². The van der Waals surface area contributed by atoms with Crippen LogP contribution in [0.1, 0.15) is 40.7 Å². The van der Waals surface area contributed by atoms with Crippen molar-refractivity contribution in [2.45, 2.75) is 43.0 Å². The van der Waals surface area contributed by atoms with Gasteiger partial charge in [0.15, 0.2) is 9.84 Å². The summed E-state index contributed by atoms with van der Waals surface area (Å²) in [5.41, 5.74) is -5.58. The van der Waals surface area contributed by atoms with Crippen LogP contribution in [0.4, 0.5) is 30.7 Å². The topological polar surface area (TPSA) is 85.3 Å². The molecule has 7 nitrogen and oxygen atoms in total. The summed E-state index contributed by atoms with van der Waals surface area (Å²) in [7, 11) is -3.51. The van der Waals surface area contributed by atoms with Crippen LogP contribution in [0.5, 0.6) is 0 Å². The molecule has 1 spiro atoms. The van der Waals surface area contributed by atoms with Gasteiger partial charge < -0.3 is 14.5 Å². The van der Waals surface area contributed by atoms with Crippen molar-refractivity contribution in [1.82, 2.24) is 4.90 Å². The minimum atomic E-state index is -5.35. The molecular formula is C25H20ClF7N2O5S. The van der Waals surface area contributed by atoms with E-state index < -0.39 is 79.9 Å². The van der Waals surface area contributed by atoms with Crippen molar-refractivity contribution in [2.75, 3.05) is 25.1 Å². The van der Waals surface area contributed by atoms with Gasteiger partial charge in [0.05, 0.1) is 36.0 Å². The number of carbonyl (C=O) groups excluding carboxylic acids is 1. The second-order valence-corrected chi connectivity index (χ2v) is 12.8. The Hall–Kier alpha value is -2.91. The van der Waals surface area contributed by atoms with Gasteiger partial charge in [-0.05, 0) is 41.3 Å². The van der Waals surface area contributed by atoms with E-state index in [1.54, 1.807) is 18.2 Å². The number of alkyl halides is 6. The van der Waals surface area contributed by atoms with Gasteiger partial charge in [0.1, 0.15) is 17.2 Å². The molecule has 0 aliphatic carbocycles. The highest BCUT2D eigenvalue weighted by atomic mass is 35.5. The molecule has 3 heterocycles. The Kier molecular flexibility index (Phi) is 6.90. The molecule has 0 saturated carbocycles. The minimum Gasteiger partial charge on any atom is -0.374 e. The summed E-state index contributed by atoms with van der Waals surface area (Å²) < 4.78 is 126. The summed E-state index contributed by atoms with van der Waals surface area (Å²) in [6.07, 6.45) is -10.9. The quantitative estimate of drug-likeness (QED) is 0.441. The van der Waals surface area contributed by atoms with Gasteiger partial charge in [-0.1, -0.05) is 28.9 Å². The van der Waals surface area contributed by atoms with Crippen LogP contribution < -0.4 is 0 Å². The summed E-state index contributed by atoms with van der Waals surface area (Å²) >= 11 is 5.54. The molecule has 0 N–H and O–H groups in total. The third kappa shape index (κ3) is 5.16. The summed E-state index contributed by atoms with van der Waals surface area (Å²) in [5.74, 6) is -2.89. The van der Waals surface area contributed by atoms with Crippen LogP contribution in [-0.2, 0) is 48.2 Å². The maximum Gasteiger partial charge on any atom is 0.435 e. The number of ether oxygens (including phenoxy) is 1. The van der Waals surface area contributed by atoms with Crippen molar-refractivity contribution >= 4 is 33.1 Å². The normalized spacial score (nSPS) is 22.2. The Balaban J connectivity index is 1.41. The molecule has 1 saturated heterocycles. The maximum atomic E-state index is 14.8. The number of fused-ring (bicyclic) bond motifs is 2. The van der Waals surface area contributed by atoms with E-state index in [0.717, 1.165) is 6.26 Å². The SMILES string of the molecule is CS(=O)(=O)CC(=O)N1CC2(C1)OCc1cc(C3=NO[C@](c4cc(C(F)(F)F)cc(Cl)c4F)(C(F)(F)F)CC3)ccc12. The van der Waals surface area contributed by atoms with E-state index in [2.05, 4.69) is 5.16 Å². The summed E-state index contributed by atoms with van der Waals surface area (Å²) in [4.78, 5) is 18.4. The molecular weight excluding hydrogens is 609 g/mol. The van der Waals surface area contributed by atoms with Gasteiger partial charge >= 0.3 is 12.4 Å². The van der Waals surface area contributed by atoms with Gasteiger partial charge in [-0.15, -0.1) is 0 Å². The number of halogens is 8. The molecule has 5 rings (SSSR count). The first-order valence-corrected chi connectivity index (χ1v) is 14.4. The van der Waals surface area contributed by atoms with Gasteiger partial charge in [-0.3, -0.25) is 4.79 Å². The predicted octanol–water partition coefficient (Wildman–Crippen LogP) is 5.08. The first kappa shape index (κ1) is 29.6. The van der Waals surface area contributed by atoms with Gasteiger partial charge in [0, 0.05) is 18.2 Å². The standard InChI is InChI=1S/C25H20ClF7N2O5S/c1-41(37,38)10-20(36)35-11-22(12-35)16-3-2-13(6-14(16)9-39-22)19-4-5-23(40-34-19,25(31,32)33)17-7-15(24(28,29)30)8-18(26)21(17)27/h2-3,6-8H,4-5,9-12H2,1H3/t23-/m1/s1. The molecule has 16 heteroatoms. The van der Waals surface area contributed by atoms with E-state index in [-0.39, 0.29) is 37.5 Å². The zero-order chi connectivity index (χ0) is 30.2. The first-order chi connectivity index (χ1) is 18.9. The molecule has 2 aromatic carbocycles. The van der Waals surface area contributed by atoms with Crippen LogP contribution in [0.15, 0.2) is 35.5 Å². The Labute approximate surface area is 233 Å². The zero-order valence-corrected chi connectivity index (χ0v) is 22.6. The van der Waals surface area contributed by atoms with Crippen LogP contribution in [0, 0.1) is 5.82 Å². The monoisotopic (exact) mass is 628 g/mol. The van der Waals surface area contributed by atoms with Crippen molar-refractivity contribution < 1.29 is 53.5 Å². The number of carbonyl (C=O) groups is 1. The number of oxime groups is 1. The summed E-state index contributed by atoms with van der Waals surface area (Å²) in [5, 5.41) is 2.44. The molecule has 2 aromatic rings. The zero-order valence-electron chi connectivity index (χ0n) is 21.0. The van der Waals surface area contributed by atoms with Crippen LogP contribution in [0.25, 0.3) is 0 Å². The second-order valence-electron chi connectivity index (χ2n) is 10.2. The van der Waals surface area contributed by atoms with E-state index in [4.69, 9.17) is 21.2 Å². The minimum absolute atomic E-state index is 0.0317. The van der Waals surface area contributed by atoms with E-state index in [9.17, 15) is 43.9 Å². The molecule has 222 valence electrons. The lowest BCUT2D eigenvalue weighted by Gasteiger charge is -2.47. The Bertz CT molecular complexity index is 1570. The summed E-state index contributed by atoms with van der Waals surface area (Å²) in [6.45, 7) is 0.347. The number of likely N-dealkylation sites (tertiary alicyclic amines) is 1. The lowest BCUT2D eigenvalue weighted by Crippen LogP contribution is -2.62. The molecule has 0 bridgehead atoms. The van der Waals surface area contributed by atoms with E-state index >= 15 is 0 Å². The van der Waals surface area contributed by atoms with E-state index in [1.165, 1.54) is 4.90 Å². The number of hydrogen-bond donors (Lipinski definition) is 0. The predicted molar refractivity (Wildman–Crippen MR) is 130 cm³/mol. The lowest BCUT2D eigenvalue weighted by molar-refractivity contribution is -0.292. The number of sulfone groups is 1. The number of rotatable bonds is 4. The lowest BCUT2D eigenvalue weighted by atomic mass is 9.82. The fourth-order valence-corrected chi connectivity index (χ4v) is 6.10. The van der Waals surface area contributed by atoms with Crippen molar-refractivity contribution in [3.05, 3.63) is 69.0 Å². The van der Waals surface area contributed by atoms with Gasteiger partial charge in [-0.25, -0.2) is 12.8 Å². The largest absolute Gasteiger partial charge is 0.435 e. The number of amides is 1. The summed E-state index contributed by atoms with van der Waals surface area (Å²) in [6, 6.07) is 5.03. The maximum absolute atomic E-state index is 14.8. The molecule has 3 aliphatic heterocycles. The number of nitrogens with zero attached hydrogens (tertiary/aromatic N) is 2. The Morgan fingerprint density at radius 3 is 2.34 bits per heavy atom. The fraction of sp³-hybridized carbons (Fsp3) is 0.440. The highest BCUT2D eigenvalue weighted by Gasteiger charge is 2.62. The number of hydrogen-bond acceptors (Lipinski definition) is 6. The van der Waals surface area contributed by atoms with Crippen molar-refractivity contribution in [1.29, 1.82) is 0 Å². The van der Waals surface area contributed by atoms with Crippen LogP contribution in [0.2, 0.25) is 5.02 Å². The number of benzene rings is 2. The molecule has 41 heavy (non-hydrogen) atoms. The van der Waals surface area contributed by atoms with E-state index in [1.807, 2.05) is 0 Å². The highest BCUT2D eigenvalue weighted by molar-refractivity contribution is 7.91. The molecule has 0 radical (unpaired) electrons.